The third kappa shape index (κ3) is 6.38. The Morgan fingerprint density at radius 3 is 2.00 bits per heavy atom. The number of pyridine rings is 1. The molecular weight excluding hydrogens is 405 g/mol. The van der Waals surface area contributed by atoms with Crippen LogP contribution in [0.3, 0.4) is 0 Å². The van der Waals surface area contributed by atoms with Gasteiger partial charge in [0.1, 0.15) is 0 Å². The molecule has 1 aromatic rings. The van der Waals surface area contributed by atoms with Gasteiger partial charge in [-0.1, -0.05) is 0 Å². The molecule has 1 aromatic heterocycles. The average Bonchev–Trinajstić information content (AvgIpc) is 2.62. The molecule has 0 aromatic carbocycles. The molecule has 136 valence electrons. The van der Waals surface area contributed by atoms with Gasteiger partial charge in [-0.15, -0.1) is 0 Å². The maximum absolute atomic E-state index is 12.1. The molecule has 0 amide bonds. The van der Waals surface area contributed by atoms with Gasteiger partial charge in [-0.25, -0.2) is 0 Å². The van der Waals surface area contributed by atoms with E-state index in [0.717, 1.165) is 0 Å². The summed E-state index contributed by atoms with van der Waals surface area (Å²) in [5, 5.41) is 0. The summed E-state index contributed by atoms with van der Waals surface area (Å²) >= 11 is -2.55. The first-order valence-electron chi connectivity index (χ1n) is 9.77. The molecule has 0 aliphatic carbocycles. The van der Waals surface area contributed by atoms with Gasteiger partial charge in [0.2, 0.25) is 0 Å². The molecule has 0 aliphatic rings. The zero-order chi connectivity index (χ0) is 17.8. The fourth-order valence-electron chi connectivity index (χ4n) is 3.37. The molecule has 0 unspecified atom stereocenters. The van der Waals surface area contributed by atoms with Crippen molar-refractivity contribution in [1.29, 1.82) is 0 Å². The molecule has 3 nitrogen and oxygen atoms in total. The first-order chi connectivity index (χ1) is 11.6. The second-order valence-electron chi connectivity index (χ2n) is 6.74. The number of esters is 1. The van der Waals surface area contributed by atoms with Gasteiger partial charge in [0.15, 0.2) is 0 Å². The van der Waals surface area contributed by atoms with Crippen molar-refractivity contribution in [2.45, 2.75) is 79.5 Å². The van der Waals surface area contributed by atoms with E-state index in [1.165, 1.54) is 55.5 Å². The maximum atomic E-state index is 12.1. The minimum absolute atomic E-state index is 0.206. The summed E-state index contributed by atoms with van der Waals surface area (Å²) in [5.41, 5.74) is 0.687. The van der Waals surface area contributed by atoms with Crippen LogP contribution in [0.5, 0.6) is 0 Å². The molecule has 0 spiro atoms. The number of carbonyl (C=O) groups is 1. The van der Waals surface area contributed by atoms with E-state index in [9.17, 15) is 4.79 Å². The van der Waals surface area contributed by atoms with Gasteiger partial charge in [-0.2, -0.15) is 0 Å². The molecule has 0 atom stereocenters. The Kier molecular flexibility index (Phi) is 10.6. The molecule has 1 rings (SSSR count). The molecule has 24 heavy (non-hydrogen) atoms. The van der Waals surface area contributed by atoms with Crippen LogP contribution in [0.25, 0.3) is 0 Å². The van der Waals surface area contributed by atoms with Gasteiger partial charge in [0.05, 0.1) is 0 Å². The van der Waals surface area contributed by atoms with Crippen molar-refractivity contribution in [3.05, 3.63) is 23.9 Å². The number of unbranched alkanes of at least 4 members (excludes halogenated alkanes) is 3. The van der Waals surface area contributed by atoms with Crippen molar-refractivity contribution in [2.75, 3.05) is 6.61 Å². The van der Waals surface area contributed by atoms with Gasteiger partial charge in [-0.3, -0.25) is 0 Å². The fraction of sp³-hybridized carbons (Fsp3) is 0.700. The van der Waals surface area contributed by atoms with Crippen molar-refractivity contribution >= 4 is 28.1 Å². The van der Waals surface area contributed by atoms with Crippen LogP contribution >= 0.6 is 0 Å². The quantitative estimate of drug-likeness (QED) is 0.327. The zero-order valence-electron chi connectivity index (χ0n) is 16.1. The van der Waals surface area contributed by atoms with Crippen LogP contribution in [-0.4, -0.2) is 35.9 Å². The molecule has 0 fully saturated rings. The SMILES string of the molecule is CCC[CH2][Sn]([CH2]CCC)([CH2]CCC)[c]1cc(C(=O)OCC)ccn1. The van der Waals surface area contributed by atoms with Gasteiger partial charge in [-0.05, 0) is 0 Å². The van der Waals surface area contributed by atoms with E-state index in [-0.39, 0.29) is 5.97 Å². The van der Waals surface area contributed by atoms with Crippen LogP contribution in [0, 0.1) is 0 Å². The molecule has 0 radical (unpaired) electrons. The monoisotopic (exact) mass is 441 g/mol. The number of rotatable bonds is 12. The summed E-state index contributed by atoms with van der Waals surface area (Å²) in [6, 6.07) is 3.88. The van der Waals surface area contributed by atoms with E-state index in [4.69, 9.17) is 9.72 Å². The van der Waals surface area contributed by atoms with Crippen LogP contribution in [0.15, 0.2) is 18.3 Å². The van der Waals surface area contributed by atoms with Crippen LogP contribution in [-0.2, 0) is 4.74 Å². The standard InChI is InChI=1S/C8H8NO2.3C4H9.Sn/c1-2-11-8(10)7-3-5-9-6-4-7;3*1-3-4-2;/h3-5H,2H2,1H3;3*1,3-4H2,2H3;. The molecule has 1 heterocycles. The van der Waals surface area contributed by atoms with Gasteiger partial charge < -0.3 is 0 Å². The summed E-state index contributed by atoms with van der Waals surface area (Å²) < 4.78 is 10.6. The van der Waals surface area contributed by atoms with E-state index in [1.807, 2.05) is 13.1 Å². The summed E-state index contributed by atoms with van der Waals surface area (Å²) in [6.45, 7) is 9.11. The third-order valence-electron chi connectivity index (χ3n) is 4.84. The van der Waals surface area contributed by atoms with Crippen molar-refractivity contribution in [3.63, 3.8) is 0 Å². The zero-order valence-corrected chi connectivity index (χ0v) is 18.9. The van der Waals surface area contributed by atoms with E-state index < -0.39 is 18.4 Å². The van der Waals surface area contributed by atoms with Crippen molar-refractivity contribution in [3.8, 4) is 0 Å². The Morgan fingerprint density at radius 2 is 1.54 bits per heavy atom. The number of ether oxygens (including phenoxy) is 1. The van der Waals surface area contributed by atoms with E-state index in [1.54, 1.807) is 6.07 Å². The van der Waals surface area contributed by atoms with Gasteiger partial charge in [0.25, 0.3) is 0 Å². The number of aromatic nitrogens is 1. The Bertz CT molecular complexity index is 469. The number of hydrogen-bond acceptors (Lipinski definition) is 3. The molecule has 0 saturated carbocycles. The van der Waals surface area contributed by atoms with Crippen LogP contribution in [0.2, 0.25) is 13.3 Å². The summed E-state index contributed by atoms with van der Waals surface area (Å²) in [5.74, 6) is -0.206. The van der Waals surface area contributed by atoms with Crippen molar-refractivity contribution < 1.29 is 9.53 Å². The fourth-order valence-corrected chi connectivity index (χ4v) is 18.8. The Hall–Kier alpha value is -0.581. The summed E-state index contributed by atoms with van der Waals surface area (Å²) in [7, 11) is 0. The first kappa shape index (κ1) is 21.5. The van der Waals surface area contributed by atoms with Crippen LogP contribution in [0.4, 0.5) is 0 Å². The first-order valence-corrected chi connectivity index (χ1v) is 17.2. The Balaban J connectivity index is 3.18. The summed E-state index contributed by atoms with van der Waals surface area (Å²) in [4.78, 5) is 16.9. The molecule has 0 bridgehead atoms. The third-order valence-corrected chi connectivity index (χ3v) is 19.9. The molecule has 0 N–H and O–H groups in total. The molecule has 0 saturated heterocycles. The van der Waals surface area contributed by atoms with Gasteiger partial charge in [0, 0.05) is 0 Å². The Morgan fingerprint density at radius 1 is 1.00 bits per heavy atom. The van der Waals surface area contributed by atoms with Crippen LogP contribution < -0.4 is 3.71 Å². The minimum atomic E-state index is -2.55. The Labute approximate surface area is 152 Å². The molecule has 0 aliphatic heterocycles. The average molecular weight is 440 g/mol. The predicted molar refractivity (Wildman–Crippen MR) is 105 cm³/mol. The van der Waals surface area contributed by atoms with Crippen molar-refractivity contribution in [2.24, 2.45) is 0 Å². The number of hydrogen-bond donors (Lipinski definition) is 0. The van der Waals surface area contributed by atoms with Crippen LogP contribution in [0.1, 0.15) is 76.6 Å². The molecular formula is C20H35NO2Sn. The second-order valence-corrected chi connectivity index (χ2v) is 19.8. The van der Waals surface area contributed by atoms with Gasteiger partial charge >= 0.3 is 153 Å². The van der Waals surface area contributed by atoms with E-state index in [2.05, 4.69) is 26.8 Å². The van der Waals surface area contributed by atoms with E-state index >= 15 is 0 Å². The normalized spacial score (nSPS) is 11.5. The number of carbonyl (C=O) groups excluding carboxylic acids is 1. The second kappa shape index (κ2) is 11.9. The topological polar surface area (TPSA) is 39.2 Å². The predicted octanol–water partition coefficient (Wildman–Crippen LogP) is 5.31. The van der Waals surface area contributed by atoms with Crippen molar-refractivity contribution in [1.82, 2.24) is 4.98 Å². The molecule has 4 heteroatoms. The number of nitrogens with zero attached hydrogens (tertiary/aromatic N) is 1. The van der Waals surface area contributed by atoms with E-state index in [0.29, 0.717) is 12.2 Å². The summed E-state index contributed by atoms with van der Waals surface area (Å²) in [6.07, 6.45) is 9.47.